The first-order valence-electron chi connectivity index (χ1n) is 26.5. The number of benzene rings is 3. The molecule has 424 valence electrons. The summed E-state index contributed by atoms with van der Waals surface area (Å²) in [6.07, 6.45) is 1.75. The zero-order chi connectivity index (χ0) is 57.3. The van der Waals surface area contributed by atoms with Crippen molar-refractivity contribution in [2.24, 2.45) is 40.6 Å². The average molecular weight is 1100 g/mol. The highest BCUT2D eigenvalue weighted by Gasteiger charge is 2.48. The minimum atomic E-state index is -1.27. The Kier molecular flexibility index (Phi) is 23.2. The molecular weight excluding hydrogens is 1020 g/mol. The number of halogens is 1. The quantitative estimate of drug-likeness (QED) is 0.0248. The van der Waals surface area contributed by atoms with Gasteiger partial charge in [0.05, 0.1) is 29.7 Å². The van der Waals surface area contributed by atoms with E-state index >= 15 is 0 Å². The van der Waals surface area contributed by atoms with Crippen molar-refractivity contribution in [2.75, 3.05) is 25.5 Å². The maximum Gasteiger partial charge on any atom is 0.347 e. The van der Waals surface area contributed by atoms with Gasteiger partial charge < -0.3 is 56.4 Å². The molecule has 8 N–H and O–H groups in total. The van der Waals surface area contributed by atoms with E-state index in [1.54, 1.807) is 62.4 Å². The number of nitrogens with one attached hydrogen (secondary N) is 4. The number of ketones is 1. The van der Waals surface area contributed by atoms with E-state index in [4.69, 9.17) is 46.8 Å². The fourth-order valence-corrected chi connectivity index (χ4v) is 9.02. The predicted octanol–water partition coefficient (Wildman–Crippen LogP) is 6.75. The molecule has 5 amide bonds. The molecule has 2 aliphatic rings. The molecule has 0 aliphatic carbocycles. The second-order valence-electron chi connectivity index (χ2n) is 21.5. The maximum atomic E-state index is 13.9. The molecule has 1 fully saturated rings. The average Bonchev–Trinajstić information content (AvgIpc) is 4.21. The number of amides is 5. The van der Waals surface area contributed by atoms with Crippen molar-refractivity contribution in [3.63, 3.8) is 0 Å². The van der Waals surface area contributed by atoms with E-state index in [2.05, 4.69) is 21.3 Å². The molecule has 5 rings (SSSR count). The Morgan fingerprint density at radius 3 is 2.23 bits per heavy atom. The third-order valence-electron chi connectivity index (χ3n) is 13.8. The SMILES string of the molecule is COc1ccc(C[C@H]2NC(=O)/C=C/CC([C@H](C)[C@@H]3O[C@H]3c3ccc(CCC(=O)OCc4ccc(NC(=O)[C@H](CCCNC(N)=O)CC(=O)[C@@H](N)C(C)C)cc4)cc3)OC(=O)[C@H](CC(C)C)OC(=O)C(C)(C)CNC2=O)cc1Cl. The number of anilines is 1. The molecule has 2 aliphatic heterocycles. The van der Waals surface area contributed by atoms with Crippen LogP contribution in [0.2, 0.25) is 5.02 Å². The van der Waals surface area contributed by atoms with Crippen molar-refractivity contribution in [3.8, 4) is 5.75 Å². The first kappa shape index (κ1) is 62.0. The Morgan fingerprint density at radius 2 is 1.59 bits per heavy atom. The van der Waals surface area contributed by atoms with Crippen LogP contribution in [0.25, 0.3) is 0 Å². The molecule has 0 bridgehead atoms. The van der Waals surface area contributed by atoms with Gasteiger partial charge in [0.15, 0.2) is 11.9 Å². The van der Waals surface area contributed by atoms with Gasteiger partial charge in [0.2, 0.25) is 17.7 Å². The van der Waals surface area contributed by atoms with E-state index in [1.165, 1.54) is 13.2 Å². The van der Waals surface area contributed by atoms with Crippen LogP contribution < -0.4 is 37.5 Å². The minimum Gasteiger partial charge on any atom is -0.495 e. The Hall–Kier alpha value is -6.83. The molecule has 0 spiro atoms. The van der Waals surface area contributed by atoms with Crippen LogP contribution >= 0.6 is 11.6 Å². The molecule has 0 radical (unpaired) electrons. The number of aryl methyl sites for hydroxylation is 1. The molecule has 19 nitrogen and oxygen atoms in total. The van der Waals surface area contributed by atoms with Crippen LogP contribution in [0.5, 0.6) is 5.75 Å². The molecule has 0 aromatic heterocycles. The summed E-state index contributed by atoms with van der Waals surface area (Å²) in [5.74, 6) is -4.26. The molecule has 3 aromatic rings. The van der Waals surface area contributed by atoms with E-state index in [9.17, 15) is 38.4 Å². The van der Waals surface area contributed by atoms with Gasteiger partial charge in [-0.3, -0.25) is 28.8 Å². The molecule has 3 aromatic carbocycles. The molecule has 8 atom stereocenters. The number of Topliss-reactive ketones (excluding diaryl/α,β-unsaturated/α-hetero) is 1. The number of methoxy groups -OCH3 is 1. The van der Waals surface area contributed by atoms with Crippen LogP contribution in [0.3, 0.4) is 0 Å². The third kappa shape index (κ3) is 19.3. The van der Waals surface area contributed by atoms with E-state index in [0.717, 1.165) is 11.1 Å². The summed E-state index contributed by atoms with van der Waals surface area (Å²) in [7, 11) is 1.49. The van der Waals surface area contributed by atoms with Gasteiger partial charge >= 0.3 is 23.9 Å². The van der Waals surface area contributed by atoms with Gasteiger partial charge in [0, 0.05) is 56.3 Å². The highest BCUT2D eigenvalue weighted by molar-refractivity contribution is 6.32. The first-order chi connectivity index (χ1) is 36.9. The number of hydrogen-bond donors (Lipinski definition) is 6. The number of carbonyl (C=O) groups is 8. The number of cyclic esters (lactones) is 2. The summed E-state index contributed by atoms with van der Waals surface area (Å²) >= 11 is 6.38. The van der Waals surface area contributed by atoms with Crippen LogP contribution in [0.15, 0.2) is 78.9 Å². The van der Waals surface area contributed by atoms with Gasteiger partial charge in [-0.05, 0) is 104 Å². The van der Waals surface area contributed by atoms with E-state index < -0.39 is 77.3 Å². The van der Waals surface area contributed by atoms with Gasteiger partial charge in [-0.25, -0.2) is 9.59 Å². The second kappa shape index (κ2) is 29.2. The van der Waals surface area contributed by atoms with Crippen LogP contribution in [0.1, 0.15) is 115 Å². The lowest BCUT2D eigenvalue weighted by molar-refractivity contribution is -0.179. The van der Waals surface area contributed by atoms with E-state index in [-0.39, 0.29) is 87.5 Å². The van der Waals surface area contributed by atoms with E-state index in [1.807, 2.05) is 58.9 Å². The molecule has 1 saturated heterocycles. The Bertz CT molecular complexity index is 2610. The zero-order valence-electron chi connectivity index (χ0n) is 45.9. The Balaban J connectivity index is 1.17. The van der Waals surface area contributed by atoms with Crippen molar-refractivity contribution in [1.29, 1.82) is 0 Å². The smallest absolute Gasteiger partial charge is 0.347 e. The molecule has 20 heteroatoms. The van der Waals surface area contributed by atoms with Gasteiger partial charge in [-0.15, -0.1) is 0 Å². The van der Waals surface area contributed by atoms with Crippen molar-refractivity contribution in [3.05, 3.63) is 106 Å². The number of rotatable bonds is 23. The monoisotopic (exact) mass is 1100 g/mol. The summed E-state index contributed by atoms with van der Waals surface area (Å²) in [5, 5.41) is 11.2. The van der Waals surface area contributed by atoms with Crippen LogP contribution in [0, 0.1) is 29.1 Å². The molecule has 2 heterocycles. The lowest BCUT2D eigenvalue weighted by Gasteiger charge is -2.29. The van der Waals surface area contributed by atoms with Crippen molar-refractivity contribution >= 4 is 64.7 Å². The fourth-order valence-electron chi connectivity index (χ4n) is 8.74. The van der Waals surface area contributed by atoms with E-state index in [0.29, 0.717) is 46.8 Å². The first-order valence-corrected chi connectivity index (χ1v) is 26.9. The van der Waals surface area contributed by atoms with Crippen molar-refractivity contribution < 1.29 is 62.0 Å². The topological polar surface area (TPSA) is 286 Å². The fraction of sp³-hybridized carbons (Fsp3) is 0.517. The normalized spacial score (nSPS) is 21.4. The summed E-state index contributed by atoms with van der Waals surface area (Å²) in [4.78, 5) is 105. The number of urea groups is 1. The maximum absolute atomic E-state index is 13.9. The number of ether oxygens (including phenoxy) is 5. The van der Waals surface area contributed by atoms with Crippen LogP contribution in [0.4, 0.5) is 10.5 Å². The summed E-state index contributed by atoms with van der Waals surface area (Å²) in [6.45, 7) is 12.7. The van der Waals surface area contributed by atoms with Gasteiger partial charge in [0.25, 0.3) is 0 Å². The predicted molar refractivity (Wildman–Crippen MR) is 293 cm³/mol. The Labute approximate surface area is 461 Å². The van der Waals surface area contributed by atoms with Gasteiger partial charge in [0.1, 0.15) is 30.6 Å². The summed E-state index contributed by atoms with van der Waals surface area (Å²) in [6, 6.07) is 17.1. The van der Waals surface area contributed by atoms with Gasteiger partial charge in [-0.2, -0.15) is 0 Å². The highest BCUT2D eigenvalue weighted by Crippen LogP contribution is 2.45. The second-order valence-corrected chi connectivity index (χ2v) is 21.9. The van der Waals surface area contributed by atoms with Gasteiger partial charge in [-0.1, -0.05) is 94.8 Å². The number of nitrogens with two attached hydrogens (primary N) is 2. The molecule has 0 saturated carbocycles. The molecule has 78 heavy (non-hydrogen) atoms. The van der Waals surface area contributed by atoms with Crippen LogP contribution in [-0.2, 0) is 72.0 Å². The van der Waals surface area contributed by atoms with Crippen molar-refractivity contribution in [2.45, 2.75) is 143 Å². The zero-order valence-corrected chi connectivity index (χ0v) is 46.7. The third-order valence-corrected chi connectivity index (χ3v) is 14.1. The number of epoxide rings is 1. The lowest BCUT2D eigenvalue weighted by Crippen LogP contribution is -2.51. The summed E-state index contributed by atoms with van der Waals surface area (Å²) in [5.41, 5.74) is 13.6. The van der Waals surface area contributed by atoms with Crippen molar-refractivity contribution in [1.82, 2.24) is 16.0 Å². The highest BCUT2D eigenvalue weighted by atomic mass is 35.5. The molecular formula is C58H77ClN6O13. The number of hydrogen-bond acceptors (Lipinski definition) is 14. The summed E-state index contributed by atoms with van der Waals surface area (Å²) < 4.78 is 29.0. The number of primary amides is 1. The largest absolute Gasteiger partial charge is 0.495 e. The lowest BCUT2D eigenvalue weighted by atomic mass is 9.90. The molecule has 1 unspecified atom stereocenters. The number of carbonyl (C=O) groups excluding carboxylic acids is 8. The standard InChI is InChI=1S/C58H77ClN6O13/c1-33(2)27-47-55(71)76-45(12-9-13-48(67)65-43(29-38-18-24-46(74-8)42(59)28-38)54(70)63-32-58(6,7)56(72)77-47)35(5)51-52(78-51)39-20-14-36(15-21-39)19-25-49(68)75-31-37-16-22-41(23-17-37)64-53(69)40(11-10-26-62-57(61)73)30-44(66)50(60)34(3)4/h9,13-18,20-24,28,33-35,40,43,45,47,50-52H,10-12,19,25-27,29-32,60H2,1-8H3,(H,63,70)(H,64,69)(H,65,67)(H3,61,62,73)/b13-9+/t35-,40+,43+,45?,47-,50-,51-,52-/m0/s1. The Morgan fingerprint density at radius 1 is 0.910 bits per heavy atom. The minimum absolute atomic E-state index is 0.0172. The van der Waals surface area contributed by atoms with Crippen LogP contribution in [-0.4, -0.2) is 98.0 Å². The number of esters is 3.